The highest BCUT2D eigenvalue weighted by Crippen LogP contribution is 2.34. The average molecular weight is 495 g/mol. The van der Waals surface area contributed by atoms with Crippen LogP contribution in [0.25, 0.3) is 11.4 Å². The van der Waals surface area contributed by atoms with Crippen molar-refractivity contribution in [2.75, 3.05) is 24.8 Å². The minimum absolute atomic E-state index is 0.0741. The van der Waals surface area contributed by atoms with Crippen LogP contribution in [0.15, 0.2) is 23.4 Å². The molecule has 3 aromatic rings. The van der Waals surface area contributed by atoms with Gasteiger partial charge in [-0.3, -0.25) is 9.89 Å². The van der Waals surface area contributed by atoms with E-state index in [1.165, 1.54) is 23.1 Å². The van der Waals surface area contributed by atoms with Crippen LogP contribution in [0.5, 0.6) is 5.75 Å². The second kappa shape index (κ2) is 10.8. The van der Waals surface area contributed by atoms with Crippen LogP contribution in [0.4, 0.5) is 5.00 Å². The molecule has 170 valence electrons. The number of carbonyl (C=O) groups is 2. The van der Waals surface area contributed by atoms with E-state index in [1.54, 1.807) is 32.2 Å². The summed E-state index contributed by atoms with van der Waals surface area (Å²) in [6, 6.07) is 5.19. The third kappa shape index (κ3) is 5.43. The van der Waals surface area contributed by atoms with Crippen molar-refractivity contribution in [3.8, 4) is 17.1 Å². The molecule has 0 atom stereocenters. The molecule has 0 unspecified atom stereocenters. The molecule has 11 heteroatoms. The number of H-pyrrole nitrogens is 1. The third-order valence-electron chi connectivity index (χ3n) is 4.51. The molecule has 8 nitrogen and oxygen atoms in total. The highest BCUT2D eigenvalue weighted by Gasteiger charge is 2.23. The van der Waals surface area contributed by atoms with Crippen LogP contribution < -0.4 is 10.1 Å². The van der Waals surface area contributed by atoms with Crippen molar-refractivity contribution < 1.29 is 19.1 Å². The average Bonchev–Trinajstić information content (AvgIpc) is 3.36. The summed E-state index contributed by atoms with van der Waals surface area (Å²) in [4.78, 5) is 30.4. The zero-order valence-electron chi connectivity index (χ0n) is 18.1. The molecule has 0 bridgehead atoms. The van der Waals surface area contributed by atoms with Crippen molar-refractivity contribution in [1.29, 1.82) is 0 Å². The van der Waals surface area contributed by atoms with Gasteiger partial charge in [-0.15, -0.1) is 16.4 Å². The summed E-state index contributed by atoms with van der Waals surface area (Å²) in [5, 5.41) is 11.3. The van der Waals surface area contributed by atoms with Crippen LogP contribution in [0, 0.1) is 6.92 Å². The SMILES string of the molecule is CCOC(=O)c1c(NC(=O)CSc2n[nH]c(-c3cc(Cl)ccc3OC)n2)sc(C)c1CC. The van der Waals surface area contributed by atoms with Gasteiger partial charge in [-0.25, -0.2) is 9.78 Å². The van der Waals surface area contributed by atoms with Gasteiger partial charge in [0.25, 0.3) is 0 Å². The van der Waals surface area contributed by atoms with E-state index in [-0.39, 0.29) is 18.3 Å². The number of carbonyl (C=O) groups excluding carboxylic acids is 2. The molecule has 0 saturated heterocycles. The number of esters is 1. The molecule has 32 heavy (non-hydrogen) atoms. The summed E-state index contributed by atoms with van der Waals surface area (Å²) in [6.45, 7) is 5.91. The van der Waals surface area contributed by atoms with Crippen molar-refractivity contribution in [3.05, 3.63) is 39.2 Å². The van der Waals surface area contributed by atoms with Crippen molar-refractivity contribution in [1.82, 2.24) is 15.2 Å². The molecular weight excluding hydrogens is 472 g/mol. The topological polar surface area (TPSA) is 106 Å². The highest BCUT2D eigenvalue weighted by atomic mass is 35.5. The van der Waals surface area contributed by atoms with Crippen molar-refractivity contribution >= 4 is 51.6 Å². The molecule has 0 spiro atoms. The summed E-state index contributed by atoms with van der Waals surface area (Å²) in [6.07, 6.45) is 0.675. The largest absolute Gasteiger partial charge is 0.496 e. The lowest BCUT2D eigenvalue weighted by Gasteiger charge is -2.07. The first-order valence-corrected chi connectivity index (χ1v) is 12.0. The fourth-order valence-electron chi connectivity index (χ4n) is 3.10. The summed E-state index contributed by atoms with van der Waals surface area (Å²) >= 11 is 8.62. The van der Waals surface area contributed by atoms with E-state index in [4.69, 9.17) is 21.1 Å². The highest BCUT2D eigenvalue weighted by molar-refractivity contribution is 7.99. The molecule has 3 rings (SSSR count). The van der Waals surface area contributed by atoms with E-state index in [1.807, 2.05) is 13.8 Å². The number of anilines is 1. The molecule has 0 aliphatic rings. The standard InChI is InChI=1S/C21H23ClN4O4S2/c1-5-13-11(3)32-19(17(13)20(28)30-6-2)23-16(27)10-31-21-24-18(25-26-21)14-9-12(22)7-8-15(14)29-4/h7-9H,5-6,10H2,1-4H3,(H,23,27)(H,24,25,26). The summed E-state index contributed by atoms with van der Waals surface area (Å²) in [7, 11) is 1.56. The monoisotopic (exact) mass is 494 g/mol. The van der Waals surface area contributed by atoms with E-state index in [0.717, 1.165) is 10.4 Å². The zero-order chi connectivity index (χ0) is 23.3. The molecule has 0 radical (unpaired) electrons. The first kappa shape index (κ1) is 24.1. The Labute approximate surface area is 199 Å². The van der Waals surface area contributed by atoms with Gasteiger partial charge < -0.3 is 14.8 Å². The lowest BCUT2D eigenvalue weighted by molar-refractivity contribution is -0.113. The normalized spacial score (nSPS) is 10.8. The molecular formula is C21H23ClN4O4S2. The van der Waals surface area contributed by atoms with Gasteiger partial charge in [0, 0.05) is 9.90 Å². The number of ether oxygens (including phenoxy) is 2. The van der Waals surface area contributed by atoms with Crippen LogP contribution >= 0.6 is 34.7 Å². The number of nitrogens with zero attached hydrogens (tertiary/aromatic N) is 2. The quantitative estimate of drug-likeness (QED) is 0.319. The Hall–Kier alpha value is -2.56. The van der Waals surface area contributed by atoms with Gasteiger partial charge in [-0.05, 0) is 44.0 Å². The van der Waals surface area contributed by atoms with Crippen molar-refractivity contribution in [3.63, 3.8) is 0 Å². The molecule has 0 fully saturated rings. The number of aryl methyl sites for hydroxylation is 1. The lowest BCUT2D eigenvalue weighted by Crippen LogP contribution is -2.16. The summed E-state index contributed by atoms with van der Waals surface area (Å²) < 4.78 is 10.5. The number of benzene rings is 1. The molecule has 0 aliphatic carbocycles. The number of amides is 1. The van der Waals surface area contributed by atoms with Crippen LogP contribution in [0.3, 0.4) is 0 Å². The minimum atomic E-state index is -0.425. The Morgan fingerprint density at radius 1 is 1.31 bits per heavy atom. The number of nitrogens with one attached hydrogen (secondary N) is 2. The van der Waals surface area contributed by atoms with Crippen molar-refractivity contribution in [2.24, 2.45) is 0 Å². The smallest absolute Gasteiger partial charge is 0.341 e. The van der Waals surface area contributed by atoms with Crippen molar-refractivity contribution in [2.45, 2.75) is 32.3 Å². The lowest BCUT2D eigenvalue weighted by atomic mass is 10.1. The Bertz CT molecular complexity index is 1130. The third-order valence-corrected chi connectivity index (χ3v) is 6.65. The predicted octanol–water partition coefficient (Wildman–Crippen LogP) is 4.97. The van der Waals surface area contributed by atoms with Gasteiger partial charge in [-0.2, -0.15) is 0 Å². The Kier molecular flexibility index (Phi) is 8.16. The second-order valence-corrected chi connectivity index (χ2v) is 9.17. The van der Waals surface area contributed by atoms with Gasteiger partial charge in [0.2, 0.25) is 11.1 Å². The number of aromatic nitrogens is 3. The number of rotatable bonds is 9. The maximum Gasteiger partial charge on any atom is 0.341 e. The maximum absolute atomic E-state index is 12.6. The van der Waals surface area contributed by atoms with Gasteiger partial charge >= 0.3 is 5.97 Å². The number of hydrogen-bond donors (Lipinski definition) is 2. The Balaban J connectivity index is 1.69. The van der Waals surface area contributed by atoms with Gasteiger partial charge in [0.05, 0.1) is 30.6 Å². The fraction of sp³-hybridized carbons (Fsp3) is 0.333. The van der Waals surface area contributed by atoms with Crippen LogP contribution in [0.1, 0.15) is 34.6 Å². The summed E-state index contributed by atoms with van der Waals surface area (Å²) in [5.41, 5.74) is 2.00. The maximum atomic E-state index is 12.6. The fourth-order valence-corrected chi connectivity index (χ4v) is 5.02. The molecule has 1 amide bonds. The van der Waals surface area contributed by atoms with Gasteiger partial charge in [0.1, 0.15) is 10.8 Å². The predicted molar refractivity (Wildman–Crippen MR) is 127 cm³/mol. The van der Waals surface area contributed by atoms with E-state index >= 15 is 0 Å². The number of thioether (sulfide) groups is 1. The summed E-state index contributed by atoms with van der Waals surface area (Å²) in [5.74, 6) is 0.469. The molecule has 0 saturated carbocycles. The number of aromatic amines is 1. The van der Waals surface area contributed by atoms with Crippen LogP contribution in [0.2, 0.25) is 5.02 Å². The number of hydrogen-bond acceptors (Lipinski definition) is 8. The molecule has 1 aromatic carbocycles. The molecule has 0 aliphatic heterocycles. The zero-order valence-corrected chi connectivity index (χ0v) is 20.5. The van der Waals surface area contributed by atoms with E-state index in [0.29, 0.717) is 44.3 Å². The van der Waals surface area contributed by atoms with Crippen LogP contribution in [-0.2, 0) is 16.0 Å². The first-order valence-electron chi connectivity index (χ1n) is 9.86. The molecule has 2 aromatic heterocycles. The first-order chi connectivity index (χ1) is 15.4. The number of halogens is 1. The second-order valence-electron chi connectivity index (χ2n) is 6.56. The van der Waals surface area contributed by atoms with Gasteiger partial charge in [-0.1, -0.05) is 30.3 Å². The molecule has 2 N–H and O–H groups in total. The van der Waals surface area contributed by atoms with E-state index < -0.39 is 5.97 Å². The van der Waals surface area contributed by atoms with Crippen LogP contribution in [-0.4, -0.2) is 46.5 Å². The Morgan fingerprint density at radius 2 is 2.09 bits per heavy atom. The molecule has 2 heterocycles. The minimum Gasteiger partial charge on any atom is -0.496 e. The van der Waals surface area contributed by atoms with Gasteiger partial charge in [0.15, 0.2) is 5.82 Å². The Morgan fingerprint density at radius 3 is 2.78 bits per heavy atom. The van der Waals surface area contributed by atoms with E-state index in [9.17, 15) is 9.59 Å². The number of thiophene rings is 1. The number of methoxy groups -OCH3 is 1. The van der Waals surface area contributed by atoms with E-state index in [2.05, 4.69) is 20.5 Å².